The summed E-state index contributed by atoms with van der Waals surface area (Å²) < 4.78 is 30.4. The molecule has 152 valence electrons. The first-order chi connectivity index (χ1) is 13.8. The Bertz CT molecular complexity index is 1120. The normalized spacial score (nSPS) is 12.2. The van der Waals surface area contributed by atoms with Crippen molar-refractivity contribution in [2.24, 2.45) is 0 Å². The quantitative estimate of drug-likeness (QED) is 0.609. The van der Waals surface area contributed by atoms with E-state index in [1.165, 1.54) is 13.0 Å². The summed E-state index contributed by atoms with van der Waals surface area (Å²) in [4.78, 5) is 25.8. The summed E-state index contributed by atoms with van der Waals surface area (Å²) in [5, 5.41) is 9.79. The van der Waals surface area contributed by atoms with Crippen molar-refractivity contribution in [2.75, 3.05) is 6.61 Å². The Morgan fingerprint density at radius 1 is 1.00 bits per heavy atom. The highest BCUT2D eigenvalue weighted by Crippen LogP contribution is 2.18. The molecule has 0 radical (unpaired) electrons. The topological polar surface area (TPSA) is 64.2 Å². The first kappa shape index (κ1) is 21.1. The van der Waals surface area contributed by atoms with Crippen LogP contribution in [0.2, 0.25) is 0 Å². The van der Waals surface area contributed by atoms with E-state index < -0.39 is 28.8 Å². The maximum Gasteiger partial charge on any atom is 0.331 e. The molecule has 1 atom stereocenters. The van der Waals surface area contributed by atoms with Gasteiger partial charge in [0.15, 0.2) is 0 Å². The molecule has 2 aromatic carbocycles. The number of halogens is 3. The molecule has 0 amide bonds. The minimum absolute atomic E-state index is 0.0726. The average molecular weight is 465 g/mol. The second-order valence-electron chi connectivity index (χ2n) is 6.67. The molecule has 0 saturated carbocycles. The molecule has 0 fully saturated rings. The molecule has 1 aromatic heterocycles. The summed E-state index contributed by atoms with van der Waals surface area (Å²) in [6, 6.07) is 12.5. The predicted molar refractivity (Wildman–Crippen MR) is 109 cm³/mol. The third-order valence-electron chi connectivity index (χ3n) is 4.89. The van der Waals surface area contributed by atoms with Gasteiger partial charge in [0.25, 0.3) is 5.56 Å². The Morgan fingerprint density at radius 2 is 1.62 bits per heavy atom. The van der Waals surface area contributed by atoms with Gasteiger partial charge < -0.3 is 5.11 Å². The van der Waals surface area contributed by atoms with Crippen molar-refractivity contribution in [1.82, 2.24) is 9.13 Å². The summed E-state index contributed by atoms with van der Waals surface area (Å²) in [5.74, 6) is -2.04. The number of benzene rings is 2. The third kappa shape index (κ3) is 4.23. The van der Waals surface area contributed by atoms with Gasteiger partial charge in [0.2, 0.25) is 0 Å². The molecule has 1 N–H and O–H groups in total. The van der Waals surface area contributed by atoms with E-state index in [1.54, 1.807) is 24.3 Å². The minimum atomic E-state index is -0.775. The standard InChI is InChI=1S/C21H19BrF2N2O3/c1-13-19(22)20(28)26(10-15(12-27)14-6-3-2-4-7-14)21(29)25(13)11-16-17(23)8-5-9-18(16)24/h2-9,15,27H,10-12H2,1H3. The van der Waals surface area contributed by atoms with Crippen LogP contribution in [0.15, 0.2) is 62.6 Å². The minimum Gasteiger partial charge on any atom is -0.396 e. The van der Waals surface area contributed by atoms with E-state index in [0.717, 1.165) is 26.8 Å². The monoisotopic (exact) mass is 464 g/mol. The van der Waals surface area contributed by atoms with Crippen molar-refractivity contribution in [3.8, 4) is 0 Å². The molecule has 29 heavy (non-hydrogen) atoms. The molecular weight excluding hydrogens is 446 g/mol. The zero-order valence-corrected chi connectivity index (χ0v) is 17.2. The first-order valence-corrected chi connectivity index (χ1v) is 9.72. The van der Waals surface area contributed by atoms with Gasteiger partial charge in [-0.2, -0.15) is 0 Å². The zero-order chi connectivity index (χ0) is 21.1. The highest BCUT2D eigenvalue weighted by atomic mass is 79.9. The maximum absolute atomic E-state index is 14.1. The summed E-state index contributed by atoms with van der Waals surface area (Å²) >= 11 is 3.19. The lowest BCUT2D eigenvalue weighted by Crippen LogP contribution is -2.43. The Labute approximate surface area is 174 Å². The van der Waals surface area contributed by atoms with Crippen molar-refractivity contribution in [1.29, 1.82) is 0 Å². The molecule has 1 heterocycles. The van der Waals surface area contributed by atoms with Crippen LogP contribution in [0.5, 0.6) is 0 Å². The molecule has 0 bridgehead atoms. The van der Waals surface area contributed by atoms with Crippen LogP contribution in [0.4, 0.5) is 8.78 Å². The fourth-order valence-electron chi connectivity index (χ4n) is 3.17. The van der Waals surface area contributed by atoms with Gasteiger partial charge >= 0.3 is 5.69 Å². The molecule has 0 aliphatic carbocycles. The van der Waals surface area contributed by atoms with Crippen molar-refractivity contribution in [3.05, 3.63) is 102 Å². The summed E-state index contributed by atoms with van der Waals surface area (Å²) in [5.41, 5.74) is -0.500. The van der Waals surface area contributed by atoms with Gasteiger partial charge in [0, 0.05) is 23.7 Å². The van der Waals surface area contributed by atoms with Gasteiger partial charge in [-0.15, -0.1) is 0 Å². The second-order valence-corrected chi connectivity index (χ2v) is 7.47. The Kier molecular flexibility index (Phi) is 6.44. The van der Waals surface area contributed by atoms with Crippen LogP contribution in [0.3, 0.4) is 0 Å². The highest BCUT2D eigenvalue weighted by molar-refractivity contribution is 9.10. The van der Waals surface area contributed by atoms with Crippen LogP contribution >= 0.6 is 15.9 Å². The summed E-state index contributed by atoms with van der Waals surface area (Å²) in [6.45, 7) is 0.814. The molecule has 1 unspecified atom stereocenters. The zero-order valence-electron chi connectivity index (χ0n) is 15.6. The van der Waals surface area contributed by atoms with E-state index in [-0.39, 0.29) is 35.4 Å². The molecule has 0 saturated heterocycles. The van der Waals surface area contributed by atoms with Crippen molar-refractivity contribution < 1.29 is 13.9 Å². The summed E-state index contributed by atoms with van der Waals surface area (Å²) in [6.07, 6.45) is 0. The van der Waals surface area contributed by atoms with Crippen LogP contribution in [-0.4, -0.2) is 20.8 Å². The van der Waals surface area contributed by atoms with Gasteiger partial charge in [-0.3, -0.25) is 13.9 Å². The number of hydrogen-bond donors (Lipinski definition) is 1. The number of aliphatic hydroxyl groups excluding tert-OH is 1. The first-order valence-electron chi connectivity index (χ1n) is 8.93. The van der Waals surface area contributed by atoms with Crippen LogP contribution in [0.1, 0.15) is 22.7 Å². The molecule has 3 rings (SSSR count). The number of rotatable bonds is 6. The average Bonchev–Trinajstić information content (AvgIpc) is 2.72. The lowest BCUT2D eigenvalue weighted by molar-refractivity contribution is 0.250. The maximum atomic E-state index is 14.1. The summed E-state index contributed by atoms with van der Waals surface area (Å²) in [7, 11) is 0. The van der Waals surface area contributed by atoms with Crippen molar-refractivity contribution in [2.45, 2.75) is 25.9 Å². The SMILES string of the molecule is Cc1c(Br)c(=O)n(CC(CO)c2ccccc2)c(=O)n1Cc1c(F)cccc1F. The highest BCUT2D eigenvalue weighted by Gasteiger charge is 2.20. The van der Waals surface area contributed by atoms with Gasteiger partial charge in [0.05, 0.1) is 13.2 Å². The van der Waals surface area contributed by atoms with E-state index in [0.29, 0.717) is 0 Å². The van der Waals surface area contributed by atoms with Gasteiger partial charge in [-0.05, 0) is 40.5 Å². The molecule has 5 nitrogen and oxygen atoms in total. The lowest BCUT2D eigenvalue weighted by atomic mass is 10.00. The Balaban J connectivity index is 2.10. The Hall–Kier alpha value is -2.58. The lowest BCUT2D eigenvalue weighted by Gasteiger charge is -2.19. The van der Waals surface area contributed by atoms with E-state index in [4.69, 9.17) is 0 Å². The fourth-order valence-corrected chi connectivity index (χ4v) is 3.60. The van der Waals surface area contributed by atoms with Gasteiger partial charge in [0.1, 0.15) is 16.1 Å². The van der Waals surface area contributed by atoms with Gasteiger partial charge in [-0.25, -0.2) is 13.6 Å². The molecule has 3 aromatic rings. The van der Waals surface area contributed by atoms with Crippen LogP contribution in [0.25, 0.3) is 0 Å². The molecule has 8 heteroatoms. The van der Waals surface area contributed by atoms with E-state index >= 15 is 0 Å². The molecule has 0 aliphatic heterocycles. The van der Waals surface area contributed by atoms with Crippen LogP contribution < -0.4 is 11.2 Å². The number of aliphatic hydroxyl groups is 1. The largest absolute Gasteiger partial charge is 0.396 e. The Morgan fingerprint density at radius 3 is 2.21 bits per heavy atom. The second kappa shape index (κ2) is 8.84. The van der Waals surface area contributed by atoms with Crippen molar-refractivity contribution in [3.63, 3.8) is 0 Å². The van der Waals surface area contributed by atoms with E-state index in [2.05, 4.69) is 15.9 Å². The molecule has 0 aliphatic rings. The van der Waals surface area contributed by atoms with Crippen LogP contribution in [-0.2, 0) is 13.1 Å². The third-order valence-corrected chi connectivity index (χ3v) is 5.80. The number of hydrogen-bond acceptors (Lipinski definition) is 3. The van der Waals surface area contributed by atoms with Gasteiger partial charge in [-0.1, -0.05) is 36.4 Å². The smallest absolute Gasteiger partial charge is 0.331 e. The molecule has 0 spiro atoms. The van der Waals surface area contributed by atoms with E-state index in [1.807, 2.05) is 6.07 Å². The molecular formula is C21H19BrF2N2O3. The fraction of sp³-hybridized carbons (Fsp3) is 0.238. The number of nitrogens with zero attached hydrogens (tertiary/aromatic N) is 2. The number of aromatic nitrogens is 2. The van der Waals surface area contributed by atoms with Crippen LogP contribution in [0, 0.1) is 18.6 Å². The van der Waals surface area contributed by atoms with E-state index in [9.17, 15) is 23.5 Å². The van der Waals surface area contributed by atoms with Crippen molar-refractivity contribution >= 4 is 15.9 Å². The predicted octanol–water partition coefficient (Wildman–Crippen LogP) is 3.18.